The molecule has 1 aromatic carbocycles. The molecule has 1 atom stereocenters. The summed E-state index contributed by atoms with van der Waals surface area (Å²) < 4.78 is 26.2. The number of hydrogen-bond acceptors (Lipinski definition) is 1. The molecule has 92 valence electrons. The third-order valence-electron chi connectivity index (χ3n) is 2.69. The fourth-order valence-electron chi connectivity index (χ4n) is 1.58. The Hall–Kier alpha value is -1.23. The predicted molar refractivity (Wildman–Crippen MR) is 66.7 cm³/mol. The fourth-order valence-corrected chi connectivity index (χ4v) is 1.93. The molecule has 0 bridgehead atoms. The van der Waals surface area contributed by atoms with Crippen molar-refractivity contribution in [2.75, 3.05) is 0 Å². The molecule has 0 heterocycles. The highest BCUT2D eigenvalue weighted by atomic mass is 32.1. The van der Waals surface area contributed by atoms with Crippen molar-refractivity contribution in [1.82, 2.24) is 10.6 Å². The highest BCUT2D eigenvalue weighted by Crippen LogP contribution is 2.20. The Balaban J connectivity index is 1.97. The number of rotatable bonds is 3. The second-order valence-electron chi connectivity index (χ2n) is 4.28. The largest absolute Gasteiger partial charge is 0.360 e. The van der Waals surface area contributed by atoms with Crippen molar-refractivity contribution < 1.29 is 8.78 Å². The third kappa shape index (κ3) is 3.36. The van der Waals surface area contributed by atoms with E-state index in [1.54, 1.807) is 6.92 Å². The molecule has 0 aliphatic heterocycles. The minimum atomic E-state index is -0.572. The molecule has 17 heavy (non-hydrogen) atoms. The van der Waals surface area contributed by atoms with E-state index in [-0.39, 0.29) is 6.04 Å². The van der Waals surface area contributed by atoms with Gasteiger partial charge in [-0.1, -0.05) is 6.07 Å². The van der Waals surface area contributed by atoms with Crippen molar-refractivity contribution in [3.05, 3.63) is 35.4 Å². The predicted octanol–water partition coefficient (Wildman–Crippen LogP) is 2.65. The lowest BCUT2D eigenvalue weighted by atomic mass is 10.1. The zero-order valence-corrected chi connectivity index (χ0v) is 10.3. The Bertz CT molecular complexity index is 433. The summed E-state index contributed by atoms with van der Waals surface area (Å²) in [7, 11) is 0. The molecule has 0 aromatic heterocycles. The quantitative estimate of drug-likeness (QED) is 0.813. The van der Waals surface area contributed by atoms with Crippen LogP contribution in [0.2, 0.25) is 0 Å². The molecule has 0 unspecified atom stereocenters. The Morgan fingerprint density at radius 1 is 1.41 bits per heavy atom. The van der Waals surface area contributed by atoms with Gasteiger partial charge in [-0.15, -0.1) is 0 Å². The highest BCUT2D eigenvalue weighted by molar-refractivity contribution is 7.80. The van der Waals surface area contributed by atoms with Crippen molar-refractivity contribution >= 4 is 17.3 Å². The second-order valence-corrected chi connectivity index (χ2v) is 4.69. The first-order valence-corrected chi connectivity index (χ1v) is 5.99. The maximum atomic E-state index is 13.5. The molecule has 5 heteroatoms. The monoisotopic (exact) mass is 256 g/mol. The van der Waals surface area contributed by atoms with Crippen molar-refractivity contribution in [2.45, 2.75) is 31.8 Å². The summed E-state index contributed by atoms with van der Waals surface area (Å²) in [5, 5.41) is 6.61. The molecule has 0 radical (unpaired) electrons. The van der Waals surface area contributed by atoms with E-state index in [1.807, 2.05) is 0 Å². The molecule has 0 saturated heterocycles. The van der Waals surface area contributed by atoms with Gasteiger partial charge in [-0.3, -0.25) is 0 Å². The van der Waals surface area contributed by atoms with Gasteiger partial charge in [0.15, 0.2) is 5.11 Å². The molecule has 1 saturated carbocycles. The lowest BCUT2D eigenvalue weighted by Gasteiger charge is -2.17. The summed E-state index contributed by atoms with van der Waals surface area (Å²) in [6.45, 7) is 1.79. The van der Waals surface area contributed by atoms with Gasteiger partial charge >= 0.3 is 0 Å². The molecule has 1 aliphatic carbocycles. The Labute approximate surface area is 104 Å². The minimum absolute atomic E-state index is 0.283. The van der Waals surface area contributed by atoms with E-state index in [9.17, 15) is 8.78 Å². The van der Waals surface area contributed by atoms with E-state index >= 15 is 0 Å². The van der Waals surface area contributed by atoms with Crippen molar-refractivity contribution in [3.63, 3.8) is 0 Å². The van der Waals surface area contributed by atoms with Gasteiger partial charge in [0.2, 0.25) is 0 Å². The summed E-state index contributed by atoms with van der Waals surface area (Å²) in [4.78, 5) is 0. The van der Waals surface area contributed by atoms with E-state index in [2.05, 4.69) is 10.6 Å². The molecule has 1 aromatic rings. The first kappa shape index (κ1) is 12.2. The van der Waals surface area contributed by atoms with Gasteiger partial charge < -0.3 is 10.6 Å². The smallest absolute Gasteiger partial charge is 0.166 e. The maximum absolute atomic E-state index is 13.5. The zero-order chi connectivity index (χ0) is 12.4. The summed E-state index contributed by atoms with van der Waals surface area (Å²) >= 11 is 5.10. The van der Waals surface area contributed by atoms with Crippen LogP contribution in [0.15, 0.2) is 18.2 Å². The number of benzene rings is 1. The van der Waals surface area contributed by atoms with Crippen LogP contribution in [-0.4, -0.2) is 11.2 Å². The second kappa shape index (κ2) is 4.96. The summed E-state index contributed by atoms with van der Waals surface area (Å²) in [5.41, 5.74) is 0.409. The van der Waals surface area contributed by atoms with Crippen LogP contribution in [-0.2, 0) is 0 Å². The molecule has 0 amide bonds. The van der Waals surface area contributed by atoms with Gasteiger partial charge in [0.25, 0.3) is 0 Å². The van der Waals surface area contributed by atoms with E-state index in [0.29, 0.717) is 16.7 Å². The van der Waals surface area contributed by atoms with E-state index in [4.69, 9.17) is 12.2 Å². The van der Waals surface area contributed by atoms with Crippen LogP contribution in [0.3, 0.4) is 0 Å². The molecule has 2 rings (SSSR count). The van der Waals surface area contributed by atoms with Gasteiger partial charge in [0, 0.05) is 17.7 Å². The standard InChI is InChI=1S/C12H14F2N2S/c1-7(15-12(17)16-9-3-4-9)10-5-2-8(13)6-11(10)14/h2,5-7,9H,3-4H2,1H3,(H2,15,16,17)/t7-/m0/s1. The molecule has 2 N–H and O–H groups in total. The van der Waals surface area contributed by atoms with Crippen LogP contribution in [0, 0.1) is 11.6 Å². The van der Waals surface area contributed by atoms with Gasteiger partial charge in [-0.2, -0.15) is 0 Å². The fraction of sp³-hybridized carbons (Fsp3) is 0.417. The lowest BCUT2D eigenvalue weighted by Crippen LogP contribution is -2.38. The SMILES string of the molecule is C[C@H](NC(=S)NC1CC1)c1ccc(F)cc1F. The Morgan fingerprint density at radius 3 is 2.71 bits per heavy atom. The van der Waals surface area contributed by atoms with E-state index in [1.165, 1.54) is 12.1 Å². The normalized spacial score (nSPS) is 16.4. The summed E-state index contributed by atoms with van der Waals surface area (Å²) in [6, 6.07) is 3.73. The van der Waals surface area contributed by atoms with Gasteiger partial charge in [-0.05, 0) is 38.0 Å². The maximum Gasteiger partial charge on any atom is 0.166 e. The zero-order valence-electron chi connectivity index (χ0n) is 9.47. The highest BCUT2D eigenvalue weighted by Gasteiger charge is 2.22. The summed E-state index contributed by atoms with van der Waals surface area (Å²) in [6.07, 6.45) is 2.25. The average Bonchev–Trinajstić information content (AvgIpc) is 3.00. The third-order valence-corrected chi connectivity index (χ3v) is 2.92. The topological polar surface area (TPSA) is 24.1 Å². The number of nitrogens with one attached hydrogen (secondary N) is 2. The lowest BCUT2D eigenvalue weighted by molar-refractivity contribution is 0.552. The van der Waals surface area contributed by atoms with Crippen LogP contribution in [0.25, 0.3) is 0 Å². The van der Waals surface area contributed by atoms with Gasteiger partial charge in [0.1, 0.15) is 11.6 Å². The van der Waals surface area contributed by atoms with Crippen LogP contribution >= 0.6 is 12.2 Å². The van der Waals surface area contributed by atoms with E-state index < -0.39 is 11.6 Å². The van der Waals surface area contributed by atoms with Crippen molar-refractivity contribution in [3.8, 4) is 0 Å². The van der Waals surface area contributed by atoms with Crippen LogP contribution < -0.4 is 10.6 Å². The Kier molecular flexibility index (Phi) is 3.57. The van der Waals surface area contributed by atoms with E-state index in [0.717, 1.165) is 18.9 Å². The van der Waals surface area contributed by atoms with Crippen LogP contribution in [0.4, 0.5) is 8.78 Å². The van der Waals surface area contributed by atoms with Crippen molar-refractivity contribution in [2.24, 2.45) is 0 Å². The Morgan fingerprint density at radius 2 is 2.12 bits per heavy atom. The van der Waals surface area contributed by atoms with Crippen LogP contribution in [0.5, 0.6) is 0 Å². The number of halogens is 2. The summed E-state index contributed by atoms with van der Waals surface area (Å²) in [5.74, 6) is -1.13. The first-order valence-electron chi connectivity index (χ1n) is 5.58. The van der Waals surface area contributed by atoms with Gasteiger partial charge in [0.05, 0.1) is 6.04 Å². The minimum Gasteiger partial charge on any atom is -0.360 e. The molecular formula is C12H14F2N2S. The molecular weight excluding hydrogens is 242 g/mol. The molecule has 1 fully saturated rings. The molecule has 2 nitrogen and oxygen atoms in total. The van der Waals surface area contributed by atoms with Gasteiger partial charge in [-0.25, -0.2) is 8.78 Å². The molecule has 1 aliphatic rings. The first-order chi connectivity index (χ1) is 8.06. The number of thiocarbonyl (C=S) groups is 1. The molecule has 0 spiro atoms. The number of hydrogen-bond donors (Lipinski definition) is 2. The average molecular weight is 256 g/mol. The van der Waals surface area contributed by atoms with Crippen molar-refractivity contribution in [1.29, 1.82) is 0 Å². The van der Waals surface area contributed by atoms with Crippen LogP contribution in [0.1, 0.15) is 31.4 Å².